The molecule has 0 spiro atoms. The Kier molecular flexibility index (Phi) is 5.20. The second-order valence-electron chi connectivity index (χ2n) is 5.32. The van der Waals surface area contributed by atoms with Crippen LogP contribution >= 0.6 is 34.2 Å². The van der Waals surface area contributed by atoms with Gasteiger partial charge in [0.15, 0.2) is 0 Å². The fourth-order valence-corrected chi connectivity index (χ4v) is 3.01. The summed E-state index contributed by atoms with van der Waals surface area (Å²) in [5, 5.41) is 2.90. The number of carbonyl (C=O) groups is 2. The van der Waals surface area contributed by atoms with Gasteiger partial charge in [-0.3, -0.25) is 14.5 Å². The van der Waals surface area contributed by atoms with Gasteiger partial charge in [0, 0.05) is 15.8 Å². The van der Waals surface area contributed by atoms with Gasteiger partial charge in [0.05, 0.1) is 0 Å². The lowest BCUT2D eigenvalue weighted by Crippen LogP contribution is -2.34. The first kappa shape index (κ1) is 17.0. The Morgan fingerprint density at radius 3 is 2.29 bits per heavy atom. The van der Waals surface area contributed by atoms with Crippen LogP contribution in [0.15, 0.2) is 65.3 Å². The lowest BCUT2D eigenvalue weighted by Gasteiger charge is -2.15. The van der Waals surface area contributed by atoms with Gasteiger partial charge >= 0.3 is 0 Å². The molecule has 2 aromatic carbocycles. The molecule has 0 fully saturated rings. The molecular weight excluding hydrogens is 439 g/mol. The first-order valence-electron chi connectivity index (χ1n) is 7.39. The molecule has 6 heteroatoms. The largest absolute Gasteiger partial charge is 0.350 e. The molecule has 0 saturated heterocycles. The molecule has 0 bridgehead atoms. The smallest absolute Gasteiger partial charge is 0.278 e. The van der Waals surface area contributed by atoms with E-state index >= 15 is 0 Å². The van der Waals surface area contributed by atoms with Crippen molar-refractivity contribution in [2.75, 3.05) is 11.9 Å². The predicted octanol–water partition coefficient (Wildman–Crippen LogP) is 3.77. The summed E-state index contributed by atoms with van der Waals surface area (Å²) in [5.74, 6) is -0.843. The maximum absolute atomic E-state index is 12.5. The maximum Gasteiger partial charge on any atom is 0.278 e. The average molecular weight is 453 g/mol. The minimum absolute atomic E-state index is 0.0633. The standard InChI is InChI=1S/C18H14ClIN2O2/c19-15-16(21-14-8-6-13(20)7-9-14)18(24)22(17(15)23)11-10-12-4-2-1-3-5-12/h1-9,21H,10-11H2. The number of anilines is 1. The van der Waals surface area contributed by atoms with Crippen LogP contribution in [0.1, 0.15) is 5.56 Å². The predicted molar refractivity (Wildman–Crippen MR) is 103 cm³/mol. The number of nitrogens with zero attached hydrogens (tertiary/aromatic N) is 1. The Balaban J connectivity index is 1.71. The highest BCUT2D eigenvalue weighted by atomic mass is 127. The van der Waals surface area contributed by atoms with E-state index in [1.807, 2.05) is 54.6 Å². The molecule has 4 nitrogen and oxygen atoms in total. The van der Waals surface area contributed by atoms with E-state index in [1.165, 1.54) is 4.90 Å². The highest BCUT2D eigenvalue weighted by molar-refractivity contribution is 14.1. The van der Waals surface area contributed by atoms with E-state index in [2.05, 4.69) is 27.9 Å². The molecule has 1 aliphatic heterocycles. The zero-order chi connectivity index (χ0) is 17.1. The summed E-state index contributed by atoms with van der Waals surface area (Å²) in [6, 6.07) is 17.2. The van der Waals surface area contributed by atoms with E-state index in [0.717, 1.165) is 14.8 Å². The minimum Gasteiger partial charge on any atom is -0.350 e. The molecule has 0 atom stereocenters. The van der Waals surface area contributed by atoms with E-state index in [4.69, 9.17) is 11.6 Å². The number of hydrogen-bond acceptors (Lipinski definition) is 3. The van der Waals surface area contributed by atoms with Crippen LogP contribution in [0.4, 0.5) is 5.69 Å². The van der Waals surface area contributed by atoms with Crippen molar-refractivity contribution < 1.29 is 9.59 Å². The van der Waals surface area contributed by atoms with E-state index in [1.54, 1.807) is 0 Å². The van der Waals surface area contributed by atoms with Gasteiger partial charge < -0.3 is 5.32 Å². The quantitative estimate of drug-likeness (QED) is 0.555. The molecule has 0 radical (unpaired) electrons. The lowest BCUT2D eigenvalue weighted by atomic mass is 10.1. The number of hydrogen-bond donors (Lipinski definition) is 1. The first-order chi connectivity index (χ1) is 11.6. The van der Waals surface area contributed by atoms with Gasteiger partial charge in [-0.1, -0.05) is 41.9 Å². The third-order valence-electron chi connectivity index (χ3n) is 3.69. The van der Waals surface area contributed by atoms with Crippen LogP contribution in [-0.2, 0) is 16.0 Å². The molecule has 1 heterocycles. The van der Waals surface area contributed by atoms with Crippen LogP contribution in [0.25, 0.3) is 0 Å². The minimum atomic E-state index is -0.453. The molecule has 122 valence electrons. The van der Waals surface area contributed by atoms with E-state index < -0.39 is 5.91 Å². The fourth-order valence-electron chi connectivity index (χ4n) is 2.42. The van der Waals surface area contributed by atoms with Crippen molar-refractivity contribution >= 4 is 51.7 Å². The zero-order valence-corrected chi connectivity index (χ0v) is 15.5. The summed E-state index contributed by atoms with van der Waals surface area (Å²) in [6.07, 6.45) is 0.597. The SMILES string of the molecule is O=C1C(Cl)=C(Nc2ccc(I)cc2)C(=O)N1CCc1ccccc1. The zero-order valence-electron chi connectivity index (χ0n) is 12.6. The van der Waals surface area contributed by atoms with E-state index in [-0.39, 0.29) is 16.6 Å². The first-order valence-corrected chi connectivity index (χ1v) is 8.84. The molecule has 24 heavy (non-hydrogen) atoms. The summed E-state index contributed by atoms with van der Waals surface area (Å²) in [4.78, 5) is 26.0. The number of carbonyl (C=O) groups excluding carboxylic acids is 2. The van der Waals surface area contributed by atoms with Crippen molar-refractivity contribution in [1.29, 1.82) is 0 Å². The topological polar surface area (TPSA) is 49.4 Å². The molecule has 0 aromatic heterocycles. The van der Waals surface area contributed by atoms with Gasteiger partial charge in [-0.2, -0.15) is 0 Å². The van der Waals surface area contributed by atoms with E-state index in [9.17, 15) is 9.59 Å². The Morgan fingerprint density at radius 1 is 0.958 bits per heavy atom. The third kappa shape index (κ3) is 3.62. The number of nitrogens with one attached hydrogen (secondary N) is 1. The van der Waals surface area contributed by atoms with Crippen LogP contribution in [0.3, 0.4) is 0 Å². The van der Waals surface area contributed by atoms with E-state index in [0.29, 0.717) is 13.0 Å². The third-order valence-corrected chi connectivity index (χ3v) is 4.76. The highest BCUT2D eigenvalue weighted by Gasteiger charge is 2.37. The highest BCUT2D eigenvalue weighted by Crippen LogP contribution is 2.26. The molecule has 0 saturated carbocycles. The van der Waals surface area contributed by atoms with Crippen LogP contribution in [0, 0.1) is 3.57 Å². The number of halogens is 2. The van der Waals surface area contributed by atoms with Crippen LogP contribution < -0.4 is 5.32 Å². The Bertz CT molecular complexity index is 804. The van der Waals surface area contributed by atoms with Crippen LogP contribution in [0.5, 0.6) is 0 Å². The molecule has 2 amide bonds. The molecule has 3 rings (SSSR count). The lowest BCUT2D eigenvalue weighted by molar-refractivity contribution is -0.137. The molecule has 0 aliphatic carbocycles. The second kappa shape index (κ2) is 7.36. The van der Waals surface area contributed by atoms with Gasteiger partial charge in [-0.05, 0) is 58.8 Å². The molecule has 0 unspecified atom stereocenters. The van der Waals surface area contributed by atoms with Crippen molar-refractivity contribution in [3.05, 3.63) is 74.5 Å². The summed E-state index contributed by atoms with van der Waals surface area (Å²) >= 11 is 8.28. The normalized spacial score (nSPS) is 14.5. The van der Waals surface area contributed by atoms with Crippen LogP contribution in [-0.4, -0.2) is 23.3 Å². The number of amides is 2. The number of imide groups is 1. The summed E-state index contributed by atoms with van der Waals surface area (Å²) in [6.45, 7) is 0.301. The van der Waals surface area contributed by atoms with Crippen molar-refractivity contribution in [1.82, 2.24) is 4.90 Å². The fraction of sp³-hybridized carbons (Fsp3) is 0.111. The molecule has 2 aromatic rings. The molecule has 1 aliphatic rings. The van der Waals surface area contributed by atoms with Crippen LogP contribution in [0.2, 0.25) is 0 Å². The molecule has 1 N–H and O–H groups in total. The van der Waals surface area contributed by atoms with Gasteiger partial charge in [-0.15, -0.1) is 0 Å². The number of rotatable bonds is 5. The summed E-state index contributed by atoms with van der Waals surface area (Å²) in [5.41, 5.74) is 1.92. The second-order valence-corrected chi connectivity index (χ2v) is 6.94. The van der Waals surface area contributed by atoms with Crippen molar-refractivity contribution in [2.45, 2.75) is 6.42 Å². The average Bonchev–Trinajstić information content (AvgIpc) is 2.79. The Morgan fingerprint density at radius 2 is 1.62 bits per heavy atom. The van der Waals surface area contributed by atoms with Gasteiger partial charge in [0.25, 0.3) is 11.8 Å². The summed E-state index contributed by atoms with van der Waals surface area (Å²) < 4.78 is 1.08. The van der Waals surface area contributed by atoms with Gasteiger partial charge in [0.1, 0.15) is 10.7 Å². The van der Waals surface area contributed by atoms with Crippen molar-refractivity contribution in [2.24, 2.45) is 0 Å². The summed E-state index contributed by atoms with van der Waals surface area (Å²) in [7, 11) is 0. The van der Waals surface area contributed by atoms with Gasteiger partial charge in [-0.25, -0.2) is 0 Å². The van der Waals surface area contributed by atoms with Crippen molar-refractivity contribution in [3.8, 4) is 0 Å². The number of benzene rings is 2. The maximum atomic E-state index is 12.5. The monoisotopic (exact) mass is 452 g/mol. The van der Waals surface area contributed by atoms with Crippen molar-refractivity contribution in [3.63, 3.8) is 0 Å². The Hall–Kier alpha value is -1.86. The Labute approximate surface area is 158 Å². The molecular formula is C18H14ClIN2O2. The van der Waals surface area contributed by atoms with Gasteiger partial charge in [0.2, 0.25) is 0 Å².